The standard InChI is InChI=1S/C29H37N7O/c1-4-26-28(35-10-12-37-13-11-35)20(3)14-27(33-26)21-15-24-25(18-31-29(24)30-16-21)22-17-32-36(19-22)23-6-8-34(5-2)9-7-23/h14-19,23H,4-13H2,1-3H3,(H,30,31). The molecule has 0 amide bonds. The van der Waals surface area contributed by atoms with Crippen LogP contribution in [0.4, 0.5) is 5.69 Å². The van der Waals surface area contributed by atoms with Crippen LogP contribution < -0.4 is 4.90 Å². The molecule has 2 saturated heterocycles. The first-order chi connectivity index (χ1) is 18.1. The van der Waals surface area contributed by atoms with Gasteiger partial charge in [-0.3, -0.25) is 9.67 Å². The number of H-pyrrole nitrogens is 1. The lowest BCUT2D eigenvalue weighted by Gasteiger charge is -2.31. The highest BCUT2D eigenvalue weighted by molar-refractivity contribution is 5.95. The summed E-state index contributed by atoms with van der Waals surface area (Å²) < 4.78 is 7.74. The molecular weight excluding hydrogens is 462 g/mol. The third kappa shape index (κ3) is 4.64. The summed E-state index contributed by atoms with van der Waals surface area (Å²) in [5.41, 5.74) is 8.84. The van der Waals surface area contributed by atoms with Gasteiger partial charge in [-0.15, -0.1) is 0 Å². The molecule has 4 aromatic rings. The number of aryl methyl sites for hydroxylation is 2. The van der Waals surface area contributed by atoms with Gasteiger partial charge in [0, 0.05) is 66.8 Å². The molecule has 8 heteroatoms. The van der Waals surface area contributed by atoms with E-state index in [1.807, 2.05) is 12.4 Å². The Morgan fingerprint density at radius 2 is 1.84 bits per heavy atom. The molecule has 2 fully saturated rings. The molecule has 0 unspecified atom stereocenters. The first-order valence-electron chi connectivity index (χ1n) is 13.7. The van der Waals surface area contributed by atoms with E-state index in [4.69, 9.17) is 19.8 Å². The van der Waals surface area contributed by atoms with Crippen molar-refractivity contribution in [3.8, 4) is 22.4 Å². The lowest BCUT2D eigenvalue weighted by molar-refractivity contribution is 0.122. The number of anilines is 1. The van der Waals surface area contributed by atoms with Crippen LogP contribution in [0.5, 0.6) is 0 Å². The van der Waals surface area contributed by atoms with E-state index in [1.54, 1.807) is 0 Å². The van der Waals surface area contributed by atoms with E-state index in [0.717, 1.165) is 104 Å². The predicted octanol–water partition coefficient (Wildman–Crippen LogP) is 4.85. The Balaban J connectivity index is 1.31. The summed E-state index contributed by atoms with van der Waals surface area (Å²) in [6.07, 6.45) is 11.4. The van der Waals surface area contributed by atoms with Crippen LogP contribution in [0, 0.1) is 6.92 Å². The number of rotatable bonds is 6. The third-order valence-electron chi connectivity index (χ3n) is 8.04. The van der Waals surface area contributed by atoms with Crippen LogP contribution in [-0.4, -0.2) is 75.6 Å². The van der Waals surface area contributed by atoms with E-state index in [-0.39, 0.29) is 0 Å². The Bertz CT molecular complexity index is 1380. The van der Waals surface area contributed by atoms with Crippen LogP contribution in [0.3, 0.4) is 0 Å². The number of ether oxygens (including phenoxy) is 1. The summed E-state index contributed by atoms with van der Waals surface area (Å²) in [4.78, 5) is 18.2. The van der Waals surface area contributed by atoms with Crippen LogP contribution >= 0.6 is 0 Å². The minimum Gasteiger partial charge on any atom is -0.378 e. The molecule has 6 rings (SSSR count). The van der Waals surface area contributed by atoms with E-state index in [1.165, 1.54) is 11.3 Å². The van der Waals surface area contributed by atoms with Crippen molar-refractivity contribution in [2.24, 2.45) is 0 Å². The minimum absolute atomic E-state index is 0.472. The van der Waals surface area contributed by atoms with Gasteiger partial charge < -0.3 is 19.5 Å². The maximum Gasteiger partial charge on any atom is 0.137 e. The van der Waals surface area contributed by atoms with Gasteiger partial charge in [-0.05, 0) is 50.4 Å². The van der Waals surface area contributed by atoms with E-state index >= 15 is 0 Å². The minimum atomic E-state index is 0.472. The fraction of sp³-hybridized carbons (Fsp3) is 0.483. The van der Waals surface area contributed by atoms with Crippen molar-refractivity contribution in [1.82, 2.24) is 29.6 Å². The number of pyridine rings is 2. The smallest absolute Gasteiger partial charge is 0.137 e. The Kier molecular flexibility index (Phi) is 6.69. The molecule has 194 valence electrons. The topological polar surface area (TPSA) is 75.1 Å². The van der Waals surface area contributed by atoms with Crippen molar-refractivity contribution in [1.29, 1.82) is 0 Å². The molecule has 37 heavy (non-hydrogen) atoms. The quantitative estimate of drug-likeness (QED) is 0.409. The maximum absolute atomic E-state index is 5.57. The monoisotopic (exact) mass is 499 g/mol. The van der Waals surface area contributed by atoms with Crippen molar-refractivity contribution in [3.63, 3.8) is 0 Å². The zero-order valence-corrected chi connectivity index (χ0v) is 22.2. The normalized spacial score (nSPS) is 17.6. The Hall–Kier alpha value is -3.23. The summed E-state index contributed by atoms with van der Waals surface area (Å²) in [7, 11) is 0. The van der Waals surface area contributed by atoms with Crippen molar-refractivity contribution >= 4 is 16.7 Å². The van der Waals surface area contributed by atoms with Gasteiger partial charge in [-0.2, -0.15) is 5.10 Å². The number of hydrogen-bond donors (Lipinski definition) is 1. The molecular formula is C29H37N7O. The highest BCUT2D eigenvalue weighted by Crippen LogP contribution is 2.34. The predicted molar refractivity (Wildman–Crippen MR) is 148 cm³/mol. The van der Waals surface area contributed by atoms with Crippen molar-refractivity contribution in [3.05, 3.63) is 48.2 Å². The lowest BCUT2D eigenvalue weighted by atomic mass is 10.0. The third-order valence-corrected chi connectivity index (χ3v) is 8.04. The van der Waals surface area contributed by atoms with Gasteiger partial charge in [-0.1, -0.05) is 13.8 Å². The first kappa shape index (κ1) is 24.1. The van der Waals surface area contributed by atoms with Crippen LogP contribution in [0.15, 0.2) is 36.9 Å². The summed E-state index contributed by atoms with van der Waals surface area (Å²) in [5, 5.41) is 5.86. The number of fused-ring (bicyclic) bond motifs is 1. The second-order valence-electron chi connectivity index (χ2n) is 10.3. The highest BCUT2D eigenvalue weighted by atomic mass is 16.5. The second-order valence-corrected chi connectivity index (χ2v) is 10.3. The zero-order chi connectivity index (χ0) is 25.4. The lowest BCUT2D eigenvalue weighted by Crippen LogP contribution is -2.37. The second kappa shape index (κ2) is 10.3. The van der Waals surface area contributed by atoms with Gasteiger partial charge in [0.05, 0.1) is 42.5 Å². The molecule has 0 spiro atoms. The fourth-order valence-electron chi connectivity index (χ4n) is 5.90. The molecule has 6 heterocycles. The number of piperidine rings is 1. The van der Waals surface area contributed by atoms with Crippen LogP contribution in [0.2, 0.25) is 0 Å². The molecule has 0 bridgehead atoms. The molecule has 4 aromatic heterocycles. The van der Waals surface area contributed by atoms with E-state index in [2.05, 4.69) is 64.8 Å². The van der Waals surface area contributed by atoms with Crippen molar-refractivity contribution < 1.29 is 4.74 Å². The van der Waals surface area contributed by atoms with Gasteiger partial charge in [0.2, 0.25) is 0 Å². The number of likely N-dealkylation sites (tertiary alicyclic amines) is 1. The number of aromatic amines is 1. The molecule has 0 saturated carbocycles. The van der Waals surface area contributed by atoms with E-state index in [0.29, 0.717) is 6.04 Å². The molecule has 8 nitrogen and oxygen atoms in total. The van der Waals surface area contributed by atoms with Gasteiger partial charge in [0.1, 0.15) is 5.65 Å². The van der Waals surface area contributed by atoms with Crippen LogP contribution in [0.1, 0.15) is 44.0 Å². The molecule has 0 radical (unpaired) electrons. The molecule has 2 aliphatic rings. The SMILES string of the molecule is CCc1nc(-c2cnc3[nH]cc(-c4cnn(C5CCN(CC)CC5)c4)c3c2)cc(C)c1N1CCOCC1. The van der Waals surface area contributed by atoms with E-state index < -0.39 is 0 Å². The Morgan fingerprint density at radius 3 is 2.59 bits per heavy atom. The van der Waals surface area contributed by atoms with Crippen LogP contribution in [0.25, 0.3) is 33.4 Å². The first-order valence-corrected chi connectivity index (χ1v) is 13.7. The summed E-state index contributed by atoms with van der Waals surface area (Å²) in [6.45, 7) is 13.4. The van der Waals surface area contributed by atoms with E-state index in [9.17, 15) is 0 Å². The fourth-order valence-corrected chi connectivity index (χ4v) is 5.90. The number of aromatic nitrogens is 5. The molecule has 2 aliphatic heterocycles. The average molecular weight is 500 g/mol. The van der Waals surface area contributed by atoms with Gasteiger partial charge in [-0.25, -0.2) is 4.98 Å². The number of nitrogens with zero attached hydrogens (tertiary/aromatic N) is 6. The largest absolute Gasteiger partial charge is 0.378 e. The van der Waals surface area contributed by atoms with Crippen LogP contribution in [-0.2, 0) is 11.2 Å². The van der Waals surface area contributed by atoms with Crippen molar-refractivity contribution in [2.75, 3.05) is 50.8 Å². The van der Waals surface area contributed by atoms with Crippen molar-refractivity contribution in [2.45, 2.75) is 46.1 Å². The summed E-state index contributed by atoms with van der Waals surface area (Å²) in [5.74, 6) is 0. The Morgan fingerprint density at radius 1 is 1.03 bits per heavy atom. The molecule has 0 aliphatic carbocycles. The maximum atomic E-state index is 5.57. The summed E-state index contributed by atoms with van der Waals surface area (Å²) >= 11 is 0. The van der Waals surface area contributed by atoms with Gasteiger partial charge >= 0.3 is 0 Å². The number of morpholine rings is 1. The van der Waals surface area contributed by atoms with Gasteiger partial charge in [0.15, 0.2) is 0 Å². The molecule has 0 aromatic carbocycles. The number of hydrogen-bond acceptors (Lipinski definition) is 6. The highest BCUT2D eigenvalue weighted by Gasteiger charge is 2.22. The molecule has 0 atom stereocenters. The average Bonchev–Trinajstić information content (AvgIpc) is 3.60. The Labute approximate surface area is 218 Å². The molecule has 1 N–H and O–H groups in total. The number of nitrogens with one attached hydrogen (secondary N) is 1. The van der Waals surface area contributed by atoms with Gasteiger partial charge in [0.25, 0.3) is 0 Å². The zero-order valence-electron chi connectivity index (χ0n) is 22.2. The summed E-state index contributed by atoms with van der Waals surface area (Å²) in [6, 6.07) is 4.90.